The van der Waals surface area contributed by atoms with Gasteiger partial charge in [-0.05, 0) is 41.5 Å². The topological polar surface area (TPSA) is 46.6 Å². The maximum Gasteiger partial charge on any atom is 0.232 e. The van der Waals surface area contributed by atoms with E-state index in [-0.39, 0.29) is 23.5 Å². The average molecular weight is 430 g/mol. The Morgan fingerprint density at radius 3 is 2.52 bits per heavy atom. The summed E-state index contributed by atoms with van der Waals surface area (Å²) in [6, 6.07) is 21.7. The molecule has 156 valence electrons. The van der Waals surface area contributed by atoms with Crippen LogP contribution in [0.15, 0.2) is 83.4 Å². The zero-order valence-electron chi connectivity index (χ0n) is 17.3. The molecule has 2 aliphatic rings. The lowest BCUT2D eigenvalue weighted by molar-refractivity contribution is -0.120. The van der Waals surface area contributed by atoms with Gasteiger partial charge in [-0.25, -0.2) is 0 Å². The van der Waals surface area contributed by atoms with E-state index in [1.807, 2.05) is 60.0 Å². The molecule has 1 amide bonds. The monoisotopic (exact) mass is 429 g/mol. The van der Waals surface area contributed by atoms with Crippen molar-refractivity contribution in [3.63, 3.8) is 0 Å². The summed E-state index contributed by atoms with van der Waals surface area (Å²) in [6.07, 6.45) is 1.44. The summed E-state index contributed by atoms with van der Waals surface area (Å²) in [6.45, 7) is 0. The number of anilines is 1. The number of amides is 1. The SMILES string of the molecule is COc1cccc(N2C(=O)CC(c3cccs3)C3=C2CC(c2ccccc2)CC3=O)c1. The summed E-state index contributed by atoms with van der Waals surface area (Å²) in [4.78, 5) is 29.8. The molecule has 0 saturated heterocycles. The number of carbonyl (C=O) groups excluding carboxylic acids is 2. The Bertz CT molecular complexity index is 1150. The largest absolute Gasteiger partial charge is 0.497 e. The number of thiophene rings is 1. The molecule has 0 fully saturated rings. The highest BCUT2D eigenvalue weighted by molar-refractivity contribution is 7.10. The number of nitrogens with zero attached hydrogens (tertiary/aromatic N) is 1. The highest BCUT2D eigenvalue weighted by Gasteiger charge is 2.42. The lowest BCUT2D eigenvalue weighted by atomic mass is 9.74. The quantitative estimate of drug-likeness (QED) is 0.536. The van der Waals surface area contributed by atoms with Crippen molar-refractivity contribution in [2.45, 2.75) is 31.1 Å². The number of benzene rings is 2. The van der Waals surface area contributed by atoms with Crippen molar-refractivity contribution in [2.75, 3.05) is 12.0 Å². The Morgan fingerprint density at radius 2 is 1.77 bits per heavy atom. The van der Waals surface area contributed by atoms with Gasteiger partial charge in [0.05, 0.1) is 12.8 Å². The van der Waals surface area contributed by atoms with E-state index < -0.39 is 0 Å². The van der Waals surface area contributed by atoms with E-state index >= 15 is 0 Å². The second-order valence-electron chi connectivity index (χ2n) is 8.00. The number of methoxy groups -OCH3 is 1. The van der Waals surface area contributed by atoms with E-state index in [1.54, 1.807) is 23.3 Å². The van der Waals surface area contributed by atoms with Crippen LogP contribution < -0.4 is 9.64 Å². The molecule has 3 aromatic rings. The highest BCUT2D eigenvalue weighted by atomic mass is 32.1. The number of allylic oxidation sites excluding steroid dienone is 2. The third-order valence-corrected chi connectivity index (χ3v) is 7.18. The van der Waals surface area contributed by atoms with E-state index in [0.717, 1.165) is 27.4 Å². The lowest BCUT2D eigenvalue weighted by Gasteiger charge is -2.40. The Kier molecular flexibility index (Phi) is 5.20. The maximum absolute atomic E-state index is 13.5. The van der Waals surface area contributed by atoms with Gasteiger partial charge in [-0.3, -0.25) is 14.5 Å². The van der Waals surface area contributed by atoms with Crippen LogP contribution >= 0.6 is 11.3 Å². The smallest absolute Gasteiger partial charge is 0.232 e. The number of ether oxygens (including phenoxy) is 1. The molecule has 0 saturated carbocycles. The van der Waals surface area contributed by atoms with Crippen LogP contribution in [-0.4, -0.2) is 18.8 Å². The minimum atomic E-state index is -0.159. The Hall–Kier alpha value is -3.18. The highest BCUT2D eigenvalue weighted by Crippen LogP contribution is 2.47. The molecular weight excluding hydrogens is 406 g/mol. The van der Waals surface area contributed by atoms with Gasteiger partial charge < -0.3 is 4.74 Å². The third-order valence-electron chi connectivity index (χ3n) is 6.20. The third kappa shape index (κ3) is 3.59. The van der Waals surface area contributed by atoms with Gasteiger partial charge in [-0.1, -0.05) is 42.5 Å². The molecule has 5 rings (SSSR count). The van der Waals surface area contributed by atoms with Gasteiger partial charge in [0.2, 0.25) is 5.91 Å². The number of carbonyl (C=O) groups is 2. The van der Waals surface area contributed by atoms with Crippen molar-refractivity contribution in [3.05, 3.63) is 93.8 Å². The molecule has 2 unspecified atom stereocenters. The van der Waals surface area contributed by atoms with Crippen molar-refractivity contribution in [3.8, 4) is 5.75 Å². The first-order valence-corrected chi connectivity index (χ1v) is 11.3. The second-order valence-corrected chi connectivity index (χ2v) is 8.98. The molecule has 0 N–H and O–H groups in total. The molecule has 5 heteroatoms. The van der Waals surface area contributed by atoms with Crippen molar-refractivity contribution in [1.29, 1.82) is 0 Å². The molecule has 2 atom stereocenters. The Labute approximate surface area is 185 Å². The number of rotatable bonds is 4. The fourth-order valence-electron chi connectivity index (χ4n) is 4.78. The zero-order valence-corrected chi connectivity index (χ0v) is 18.1. The van der Waals surface area contributed by atoms with Gasteiger partial charge in [0.15, 0.2) is 5.78 Å². The predicted molar refractivity (Wildman–Crippen MR) is 123 cm³/mol. The molecule has 2 aromatic carbocycles. The van der Waals surface area contributed by atoms with Gasteiger partial charge >= 0.3 is 0 Å². The Morgan fingerprint density at radius 1 is 0.935 bits per heavy atom. The van der Waals surface area contributed by atoms with E-state index in [0.29, 0.717) is 25.0 Å². The van der Waals surface area contributed by atoms with Crippen LogP contribution in [-0.2, 0) is 9.59 Å². The van der Waals surface area contributed by atoms with E-state index in [9.17, 15) is 9.59 Å². The van der Waals surface area contributed by atoms with Crippen molar-refractivity contribution in [2.24, 2.45) is 0 Å². The van der Waals surface area contributed by atoms with E-state index in [2.05, 4.69) is 12.1 Å². The summed E-state index contributed by atoms with van der Waals surface area (Å²) in [5.74, 6) is 0.763. The summed E-state index contributed by atoms with van der Waals surface area (Å²) in [5, 5.41) is 2.01. The molecule has 0 bridgehead atoms. The fourth-order valence-corrected chi connectivity index (χ4v) is 5.62. The lowest BCUT2D eigenvalue weighted by Crippen LogP contribution is -2.41. The molecule has 1 aliphatic heterocycles. The average Bonchev–Trinajstić information content (AvgIpc) is 3.34. The van der Waals surface area contributed by atoms with Crippen LogP contribution in [0.3, 0.4) is 0 Å². The maximum atomic E-state index is 13.5. The van der Waals surface area contributed by atoms with Crippen LogP contribution in [0.5, 0.6) is 5.75 Å². The summed E-state index contributed by atoms with van der Waals surface area (Å²) < 4.78 is 5.39. The fraction of sp³-hybridized carbons (Fsp3) is 0.231. The molecule has 2 heterocycles. The summed E-state index contributed by atoms with van der Waals surface area (Å²) in [7, 11) is 1.62. The number of hydrogen-bond donors (Lipinski definition) is 0. The predicted octanol–water partition coefficient (Wildman–Crippen LogP) is 5.68. The van der Waals surface area contributed by atoms with Crippen molar-refractivity contribution < 1.29 is 14.3 Å². The molecule has 1 aromatic heterocycles. The van der Waals surface area contributed by atoms with Crippen molar-refractivity contribution in [1.82, 2.24) is 0 Å². The number of hydrogen-bond acceptors (Lipinski definition) is 4. The minimum absolute atomic E-state index is 0.0203. The van der Waals surface area contributed by atoms with Gasteiger partial charge in [-0.15, -0.1) is 11.3 Å². The zero-order chi connectivity index (χ0) is 21.4. The Balaban J connectivity index is 1.65. The first kappa shape index (κ1) is 19.8. The molecule has 31 heavy (non-hydrogen) atoms. The minimum Gasteiger partial charge on any atom is -0.497 e. The normalized spacial score (nSPS) is 21.3. The van der Waals surface area contributed by atoms with Gasteiger partial charge in [-0.2, -0.15) is 0 Å². The molecule has 4 nitrogen and oxygen atoms in total. The molecule has 0 radical (unpaired) electrons. The van der Waals surface area contributed by atoms with Crippen molar-refractivity contribution >= 4 is 28.7 Å². The van der Waals surface area contributed by atoms with Crippen LogP contribution in [0.1, 0.15) is 41.5 Å². The standard InChI is InChI=1S/C26H23NO3S/c1-30-20-10-5-9-19(15-20)27-22-13-18(17-7-3-2-4-8-17)14-23(28)26(22)21(16-25(27)29)24-11-6-12-31-24/h2-12,15,18,21H,13-14,16H2,1H3. The van der Waals surface area contributed by atoms with Gasteiger partial charge in [0.25, 0.3) is 0 Å². The van der Waals surface area contributed by atoms with Gasteiger partial charge in [0.1, 0.15) is 5.75 Å². The molecule has 1 aliphatic carbocycles. The van der Waals surface area contributed by atoms with Crippen LogP contribution in [0.2, 0.25) is 0 Å². The molecular formula is C26H23NO3S. The van der Waals surface area contributed by atoms with Gasteiger partial charge in [0, 0.05) is 41.0 Å². The summed E-state index contributed by atoms with van der Waals surface area (Å²) >= 11 is 1.61. The number of ketones is 1. The van der Waals surface area contributed by atoms with Crippen LogP contribution in [0, 0.1) is 0 Å². The molecule has 0 spiro atoms. The van der Waals surface area contributed by atoms with Crippen LogP contribution in [0.4, 0.5) is 5.69 Å². The first-order valence-electron chi connectivity index (χ1n) is 10.5. The van der Waals surface area contributed by atoms with E-state index in [1.165, 1.54) is 0 Å². The van der Waals surface area contributed by atoms with Crippen LogP contribution in [0.25, 0.3) is 0 Å². The second kappa shape index (κ2) is 8.16. The summed E-state index contributed by atoms with van der Waals surface area (Å²) in [5.41, 5.74) is 3.53. The number of Topliss-reactive ketones (excluding diaryl/α,β-unsaturated/α-hetero) is 1. The first-order chi connectivity index (χ1) is 15.2. The van der Waals surface area contributed by atoms with E-state index in [4.69, 9.17) is 4.74 Å².